The first-order chi connectivity index (χ1) is 13.4. The summed E-state index contributed by atoms with van der Waals surface area (Å²) in [6.45, 7) is 6.53. The van der Waals surface area contributed by atoms with Crippen molar-refractivity contribution in [1.29, 1.82) is 0 Å². The minimum absolute atomic E-state index is 0.656. The van der Waals surface area contributed by atoms with Crippen LogP contribution in [-0.2, 0) is 19.4 Å². The van der Waals surface area contributed by atoms with Gasteiger partial charge in [-0.25, -0.2) is 15.0 Å². The van der Waals surface area contributed by atoms with Crippen LogP contribution in [0.4, 0.5) is 0 Å². The number of aromatic nitrogens is 5. The molecule has 0 atom stereocenters. The summed E-state index contributed by atoms with van der Waals surface area (Å²) in [5.41, 5.74) is 3.77. The third-order valence-electron chi connectivity index (χ3n) is 4.88. The molecular formula is C21H25N5OS. The van der Waals surface area contributed by atoms with E-state index in [-0.39, 0.29) is 0 Å². The number of aryl methyl sites for hydroxylation is 2. The fraction of sp³-hybridized carbons (Fsp3) is 0.381. The Bertz CT molecular complexity index is 1070. The van der Waals surface area contributed by atoms with E-state index in [1.54, 1.807) is 17.5 Å². The predicted molar refractivity (Wildman–Crippen MR) is 112 cm³/mol. The van der Waals surface area contributed by atoms with Crippen molar-refractivity contribution < 1.29 is 5.11 Å². The molecule has 0 amide bonds. The summed E-state index contributed by atoms with van der Waals surface area (Å²) in [5, 5.41) is 12.9. The first kappa shape index (κ1) is 18.8. The zero-order valence-electron chi connectivity index (χ0n) is 16.5. The van der Waals surface area contributed by atoms with Crippen LogP contribution in [0.3, 0.4) is 0 Å². The minimum atomic E-state index is -0.656. The van der Waals surface area contributed by atoms with Gasteiger partial charge in [0.05, 0.1) is 17.8 Å². The molecule has 4 aromatic rings. The molecule has 0 saturated heterocycles. The molecule has 4 heterocycles. The molecular weight excluding hydrogens is 370 g/mol. The summed E-state index contributed by atoms with van der Waals surface area (Å²) in [4.78, 5) is 13.7. The van der Waals surface area contributed by atoms with Gasteiger partial charge < -0.3 is 14.1 Å². The summed E-state index contributed by atoms with van der Waals surface area (Å²) < 4.78 is 4.30. The molecule has 0 aliphatic rings. The van der Waals surface area contributed by atoms with Gasteiger partial charge in [-0.1, -0.05) is 13.0 Å². The van der Waals surface area contributed by atoms with Crippen molar-refractivity contribution in [2.45, 2.75) is 52.2 Å². The number of rotatable bonds is 7. The second-order valence-electron chi connectivity index (χ2n) is 7.65. The van der Waals surface area contributed by atoms with Crippen molar-refractivity contribution in [3.05, 3.63) is 59.3 Å². The van der Waals surface area contributed by atoms with Gasteiger partial charge >= 0.3 is 0 Å². The number of hydrogen-bond donors (Lipinski definition) is 1. The Hall–Kier alpha value is -2.51. The van der Waals surface area contributed by atoms with Gasteiger partial charge in [-0.2, -0.15) is 0 Å². The van der Waals surface area contributed by atoms with E-state index in [4.69, 9.17) is 4.98 Å². The van der Waals surface area contributed by atoms with Gasteiger partial charge in [0, 0.05) is 35.9 Å². The topological polar surface area (TPSA) is 68.2 Å². The first-order valence-corrected chi connectivity index (χ1v) is 10.4. The number of fused-ring (bicyclic) bond motifs is 1. The first-order valence-electron chi connectivity index (χ1n) is 9.57. The van der Waals surface area contributed by atoms with Crippen molar-refractivity contribution in [1.82, 2.24) is 23.9 Å². The third-order valence-corrected chi connectivity index (χ3v) is 5.65. The predicted octanol–water partition coefficient (Wildman–Crippen LogP) is 3.97. The van der Waals surface area contributed by atoms with Gasteiger partial charge in [0.25, 0.3) is 0 Å². The van der Waals surface area contributed by atoms with Crippen LogP contribution >= 0.6 is 11.3 Å². The van der Waals surface area contributed by atoms with Crippen LogP contribution < -0.4 is 0 Å². The van der Waals surface area contributed by atoms with Gasteiger partial charge in [0.1, 0.15) is 5.65 Å². The Kier molecular flexibility index (Phi) is 5.03. The lowest BCUT2D eigenvalue weighted by Gasteiger charge is -2.16. The average molecular weight is 396 g/mol. The zero-order valence-corrected chi connectivity index (χ0v) is 17.3. The molecule has 0 aliphatic carbocycles. The summed E-state index contributed by atoms with van der Waals surface area (Å²) in [7, 11) is 0. The zero-order chi connectivity index (χ0) is 19.7. The van der Waals surface area contributed by atoms with E-state index in [0.717, 1.165) is 41.4 Å². The summed E-state index contributed by atoms with van der Waals surface area (Å²) in [5.74, 6) is 0.875. The van der Waals surface area contributed by atoms with Gasteiger partial charge in [-0.3, -0.25) is 0 Å². The van der Waals surface area contributed by atoms with Crippen molar-refractivity contribution in [3.63, 3.8) is 0 Å². The van der Waals surface area contributed by atoms with Crippen LogP contribution in [0.2, 0.25) is 0 Å². The average Bonchev–Trinajstić information content (AvgIpc) is 3.38. The SMILES string of the molecule is CCc1c(Cn2ccnc2-c2nccs2)nc2ccc(CCC(C)(C)O)cn12. The molecule has 4 aromatic heterocycles. The molecule has 0 spiro atoms. The molecule has 0 saturated carbocycles. The number of imidazole rings is 2. The van der Waals surface area contributed by atoms with Crippen LogP contribution in [0, 0.1) is 0 Å². The molecule has 0 aliphatic heterocycles. The van der Waals surface area contributed by atoms with Crippen LogP contribution in [0.1, 0.15) is 44.1 Å². The molecule has 4 rings (SSSR count). The number of nitrogens with zero attached hydrogens (tertiary/aromatic N) is 5. The Labute approximate surface area is 168 Å². The second kappa shape index (κ2) is 7.48. The van der Waals surface area contributed by atoms with E-state index in [0.29, 0.717) is 6.54 Å². The maximum Gasteiger partial charge on any atom is 0.169 e. The largest absolute Gasteiger partial charge is 0.390 e. The highest BCUT2D eigenvalue weighted by Gasteiger charge is 2.16. The van der Waals surface area contributed by atoms with E-state index >= 15 is 0 Å². The lowest BCUT2D eigenvalue weighted by Crippen LogP contribution is -2.19. The molecule has 0 bridgehead atoms. The van der Waals surface area contributed by atoms with E-state index in [2.05, 4.69) is 44.2 Å². The highest BCUT2D eigenvalue weighted by atomic mass is 32.1. The lowest BCUT2D eigenvalue weighted by molar-refractivity contribution is 0.0714. The fourth-order valence-corrected chi connectivity index (χ4v) is 4.06. The Balaban J connectivity index is 1.66. The number of thiazole rings is 1. The second-order valence-corrected chi connectivity index (χ2v) is 8.55. The fourth-order valence-electron chi connectivity index (χ4n) is 3.42. The van der Waals surface area contributed by atoms with Crippen LogP contribution in [0.5, 0.6) is 0 Å². The molecule has 0 unspecified atom stereocenters. The quantitative estimate of drug-likeness (QED) is 0.514. The van der Waals surface area contributed by atoms with Crippen LogP contribution in [-0.4, -0.2) is 34.6 Å². The molecule has 6 nitrogen and oxygen atoms in total. The summed E-state index contributed by atoms with van der Waals surface area (Å²) in [6.07, 6.45) is 10.2. The third kappa shape index (κ3) is 3.86. The lowest BCUT2D eigenvalue weighted by atomic mass is 10.00. The van der Waals surface area contributed by atoms with Gasteiger partial charge in [-0.15, -0.1) is 11.3 Å². The monoisotopic (exact) mass is 395 g/mol. The molecule has 28 heavy (non-hydrogen) atoms. The molecule has 0 aromatic carbocycles. The Morgan fingerprint density at radius 1 is 1.18 bits per heavy atom. The number of hydrogen-bond acceptors (Lipinski definition) is 5. The molecule has 146 valence electrons. The normalized spacial score (nSPS) is 12.1. The number of aliphatic hydroxyl groups is 1. The van der Waals surface area contributed by atoms with E-state index in [9.17, 15) is 5.11 Å². The molecule has 0 radical (unpaired) electrons. The maximum absolute atomic E-state index is 10.0. The van der Waals surface area contributed by atoms with Crippen LogP contribution in [0.15, 0.2) is 42.3 Å². The Morgan fingerprint density at radius 2 is 2.04 bits per heavy atom. The highest BCUT2D eigenvalue weighted by molar-refractivity contribution is 7.13. The van der Waals surface area contributed by atoms with Gasteiger partial charge in [0.15, 0.2) is 10.8 Å². The molecule has 0 fully saturated rings. The highest BCUT2D eigenvalue weighted by Crippen LogP contribution is 2.23. The summed E-state index contributed by atoms with van der Waals surface area (Å²) in [6, 6.07) is 4.17. The minimum Gasteiger partial charge on any atom is -0.390 e. The number of pyridine rings is 1. The van der Waals surface area contributed by atoms with E-state index in [1.807, 2.05) is 31.6 Å². The van der Waals surface area contributed by atoms with E-state index < -0.39 is 5.60 Å². The smallest absolute Gasteiger partial charge is 0.169 e. The van der Waals surface area contributed by atoms with Crippen molar-refractivity contribution in [2.24, 2.45) is 0 Å². The standard InChI is InChI=1S/C21H25N5OS/c1-4-17-16(14-25-11-9-22-19(25)20-23-10-12-28-20)24-18-6-5-15(13-26(17)18)7-8-21(2,3)27/h5-6,9-13,27H,4,7-8,14H2,1-3H3. The maximum atomic E-state index is 10.0. The molecule has 1 N–H and O–H groups in total. The van der Waals surface area contributed by atoms with E-state index in [1.165, 1.54) is 11.3 Å². The van der Waals surface area contributed by atoms with Gasteiger partial charge in [-0.05, 0) is 44.7 Å². The van der Waals surface area contributed by atoms with Crippen molar-refractivity contribution in [3.8, 4) is 10.8 Å². The Morgan fingerprint density at radius 3 is 2.75 bits per heavy atom. The van der Waals surface area contributed by atoms with Crippen molar-refractivity contribution >= 4 is 17.0 Å². The van der Waals surface area contributed by atoms with Crippen molar-refractivity contribution in [2.75, 3.05) is 0 Å². The molecule has 7 heteroatoms. The van der Waals surface area contributed by atoms with Gasteiger partial charge in [0.2, 0.25) is 0 Å². The summed E-state index contributed by atoms with van der Waals surface area (Å²) >= 11 is 1.59. The van der Waals surface area contributed by atoms with Crippen LogP contribution in [0.25, 0.3) is 16.5 Å².